The van der Waals surface area contributed by atoms with Gasteiger partial charge in [0.25, 0.3) is 0 Å². The highest BCUT2D eigenvalue weighted by Crippen LogP contribution is 2.29. The molecule has 0 heterocycles. The molecule has 0 bridgehead atoms. The van der Waals surface area contributed by atoms with Gasteiger partial charge in [0.2, 0.25) is 0 Å². The van der Waals surface area contributed by atoms with Gasteiger partial charge in [-0.05, 0) is 55.6 Å². The van der Waals surface area contributed by atoms with Crippen LogP contribution >= 0.6 is 0 Å². The van der Waals surface area contributed by atoms with Crippen molar-refractivity contribution >= 4 is 0 Å². The number of hydrogen-bond donors (Lipinski definition) is 1. The molecule has 1 atom stereocenters. The van der Waals surface area contributed by atoms with Gasteiger partial charge in [-0.25, -0.2) is 0 Å². The van der Waals surface area contributed by atoms with Crippen LogP contribution in [0.5, 0.6) is 0 Å². The van der Waals surface area contributed by atoms with Gasteiger partial charge in [-0.3, -0.25) is 0 Å². The number of aryl methyl sites for hydroxylation is 2. The first-order valence-corrected chi connectivity index (χ1v) is 6.47. The van der Waals surface area contributed by atoms with E-state index in [4.69, 9.17) is 0 Å². The Morgan fingerprint density at radius 3 is 2.33 bits per heavy atom. The van der Waals surface area contributed by atoms with Crippen LogP contribution in [0.15, 0.2) is 42.5 Å². The lowest BCUT2D eigenvalue weighted by Crippen LogP contribution is -2.13. The van der Waals surface area contributed by atoms with Gasteiger partial charge < -0.3 is 5.32 Å². The highest BCUT2D eigenvalue weighted by molar-refractivity contribution is 5.69. The summed E-state index contributed by atoms with van der Waals surface area (Å²) in [6.45, 7) is 6.52. The molecule has 0 spiro atoms. The first-order chi connectivity index (χ1) is 8.63. The Morgan fingerprint density at radius 1 is 0.944 bits per heavy atom. The van der Waals surface area contributed by atoms with Gasteiger partial charge in [-0.1, -0.05) is 42.5 Å². The summed E-state index contributed by atoms with van der Waals surface area (Å²) in [4.78, 5) is 0. The van der Waals surface area contributed by atoms with Gasteiger partial charge in [0.05, 0.1) is 0 Å². The summed E-state index contributed by atoms with van der Waals surface area (Å²) in [6.07, 6.45) is 0. The van der Waals surface area contributed by atoms with Crippen molar-refractivity contribution in [2.24, 2.45) is 0 Å². The van der Waals surface area contributed by atoms with E-state index in [1.807, 2.05) is 7.05 Å². The number of rotatable bonds is 3. The van der Waals surface area contributed by atoms with E-state index in [0.29, 0.717) is 6.04 Å². The van der Waals surface area contributed by atoms with Crippen molar-refractivity contribution in [2.75, 3.05) is 7.05 Å². The molecule has 0 saturated heterocycles. The second-order valence-electron chi connectivity index (χ2n) is 4.90. The number of hydrogen-bond acceptors (Lipinski definition) is 1. The quantitative estimate of drug-likeness (QED) is 0.844. The summed E-state index contributed by atoms with van der Waals surface area (Å²) >= 11 is 0. The minimum atomic E-state index is 0.364. The van der Waals surface area contributed by atoms with Crippen LogP contribution in [0.3, 0.4) is 0 Å². The van der Waals surface area contributed by atoms with Crippen molar-refractivity contribution in [3.8, 4) is 11.1 Å². The Kier molecular flexibility index (Phi) is 3.83. The minimum Gasteiger partial charge on any atom is -0.313 e. The van der Waals surface area contributed by atoms with Gasteiger partial charge in [-0.2, -0.15) is 0 Å². The zero-order chi connectivity index (χ0) is 13.1. The molecule has 0 radical (unpaired) electrons. The second-order valence-corrected chi connectivity index (χ2v) is 4.90. The van der Waals surface area contributed by atoms with E-state index in [2.05, 4.69) is 68.6 Å². The summed E-state index contributed by atoms with van der Waals surface area (Å²) in [5.74, 6) is 0. The largest absolute Gasteiger partial charge is 0.313 e. The summed E-state index contributed by atoms with van der Waals surface area (Å²) in [5, 5.41) is 3.32. The maximum atomic E-state index is 3.32. The Labute approximate surface area is 110 Å². The van der Waals surface area contributed by atoms with Crippen LogP contribution in [-0.2, 0) is 0 Å². The average Bonchev–Trinajstić information content (AvgIpc) is 2.41. The van der Waals surface area contributed by atoms with Crippen LogP contribution in [0.4, 0.5) is 0 Å². The van der Waals surface area contributed by atoms with Gasteiger partial charge in [0, 0.05) is 6.04 Å². The van der Waals surface area contributed by atoms with Crippen molar-refractivity contribution in [1.82, 2.24) is 5.32 Å². The van der Waals surface area contributed by atoms with Crippen LogP contribution in [0, 0.1) is 13.8 Å². The molecular weight excluding hydrogens is 218 g/mol. The molecule has 0 saturated carbocycles. The first kappa shape index (κ1) is 12.8. The Hall–Kier alpha value is -1.60. The highest BCUT2D eigenvalue weighted by atomic mass is 14.9. The first-order valence-electron chi connectivity index (χ1n) is 6.47. The lowest BCUT2D eigenvalue weighted by Gasteiger charge is -2.16. The summed E-state index contributed by atoms with van der Waals surface area (Å²) in [6, 6.07) is 15.7. The smallest absolute Gasteiger partial charge is 0.0295 e. The van der Waals surface area contributed by atoms with Crippen LogP contribution in [-0.4, -0.2) is 7.05 Å². The van der Waals surface area contributed by atoms with Crippen LogP contribution in [0.1, 0.15) is 29.7 Å². The van der Waals surface area contributed by atoms with Crippen LogP contribution < -0.4 is 5.32 Å². The van der Waals surface area contributed by atoms with E-state index in [0.717, 1.165) is 0 Å². The molecule has 1 N–H and O–H groups in total. The number of benzene rings is 2. The summed E-state index contributed by atoms with van der Waals surface area (Å²) in [5.41, 5.74) is 6.67. The molecule has 0 fully saturated rings. The predicted octanol–water partition coefficient (Wildman–Crippen LogP) is 4.25. The molecular formula is C17H21N. The van der Waals surface area contributed by atoms with Crippen molar-refractivity contribution in [3.05, 3.63) is 59.2 Å². The Morgan fingerprint density at radius 2 is 1.67 bits per heavy atom. The van der Waals surface area contributed by atoms with E-state index >= 15 is 0 Å². The fourth-order valence-corrected chi connectivity index (χ4v) is 2.20. The maximum Gasteiger partial charge on any atom is 0.0295 e. The SMILES string of the molecule is CNC(C)c1ccccc1-c1ccc(C)c(C)c1. The third-order valence-corrected chi connectivity index (χ3v) is 3.68. The molecule has 94 valence electrons. The summed E-state index contributed by atoms with van der Waals surface area (Å²) < 4.78 is 0. The molecule has 1 nitrogen and oxygen atoms in total. The van der Waals surface area contributed by atoms with E-state index in [1.54, 1.807) is 0 Å². The van der Waals surface area contributed by atoms with Crippen LogP contribution in [0.2, 0.25) is 0 Å². The van der Waals surface area contributed by atoms with E-state index in [-0.39, 0.29) is 0 Å². The molecule has 1 unspecified atom stereocenters. The molecule has 0 aliphatic rings. The van der Waals surface area contributed by atoms with Crippen molar-refractivity contribution < 1.29 is 0 Å². The van der Waals surface area contributed by atoms with Crippen molar-refractivity contribution in [3.63, 3.8) is 0 Å². The molecule has 2 aromatic carbocycles. The fraction of sp³-hybridized carbons (Fsp3) is 0.294. The molecule has 0 aliphatic carbocycles. The van der Waals surface area contributed by atoms with E-state index < -0.39 is 0 Å². The third kappa shape index (κ3) is 2.46. The molecule has 0 amide bonds. The van der Waals surface area contributed by atoms with Gasteiger partial charge in [-0.15, -0.1) is 0 Å². The van der Waals surface area contributed by atoms with Crippen molar-refractivity contribution in [1.29, 1.82) is 0 Å². The average molecular weight is 239 g/mol. The van der Waals surface area contributed by atoms with Crippen molar-refractivity contribution in [2.45, 2.75) is 26.8 Å². The van der Waals surface area contributed by atoms with Gasteiger partial charge in [0.15, 0.2) is 0 Å². The highest BCUT2D eigenvalue weighted by Gasteiger charge is 2.10. The topological polar surface area (TPSA) is 12.0 Å². The number of nitrogens with one attached hydrogen (secondary N) is 1. The second kappa shape index (κ2) is 5.36. The molecule has 18 heavy (non-hydrogen) atoms. The molecule has 0 aliphatic heterocycles. The molecule has 2 aromatic rings. The minimum absolute atomic E-state index is 0.364. The molecule has 0 aromatic heterocycles. The zero-order valence-electron chi connectivity index (χ0n) is 11.6. The van der Waals surface area contributed by atoms with E-state index in [9.17, 15) is 0 Å². The molecule has 2 rings (SSSR count). The standard InChI is InChI=1S/C17H21N/c1-12-9-10-15(11-13(12)2)17-8-6-5-7-16(17)14(3)18-4/h5-11,14,18H,1-4H3. The third-order valence-electron chi connectivity index (χ3n) is 3.68. The zero-order valence-corrected chi connectivity index (χ0v) is 11.6. The lowest BCUT2D eigenvalue weighted by atomic mass is 9.93. The van der Waals surface area contributed by atoms with E-state index in [1.165, 1.54) is 27.8 Å². The normalized spacial score (nSPS) is 12.4. The predicted molar refractivity (Wildman–Crippen MR) is 78.8 cm³/mol. The van der Waals surface area contributed by atoms with Crippen LogP contribution in [0.25, 0.3) is 11.1 Å². The lowest BCUT2D eigenvalue weighted by molar-refractivity contribution is 0.654. The summed E-state index contributed by atoms with van der Waals surface area (Å²) in [7, 11) is 2.00. The Balaban J connectivity index is 2.53. The molecule has 1 heteroatoms. The maximum absolute atomic E-state index is 3.32. The van der Waals surface area contributed by atoms with Gasteiger partial charge >= 0.3 is 0 Å². The van der Waals surface area contributed by atoms with Gasteiger partial charge in [0.1, 0.15) is 0 Å². The monoisotopic (exact) mass is 239 g/mol. The Bertz CT molecular complexity index is 543. The fourth-order valence-electron chi connectivity index (χ4n) is 2.20.